The monoisotopic (exact) mass is 327 g/mol. The van der Waals surface area contributed by atoms with Gasteiger partial charge in [0.15, 0.2) is 5.82 Å². The molecule has 1 aliphatic heterocycles. The van der Waals surface area contributed by atoms with E-state index in [2.05, 4.69) is 19.0 Å². The van der Waals surface area contributed by atoms with E-state index in [9.17, 15) is 0 Å². The van der Waals surface area contributed by atoms with Gasteiger partial charge in [-0.15, -0.1) is 11.8 Å². The lowest BCUT2D eigenvalue weighted by atomic mass is 9.79. The average molecular weight is 328 g/mol. The van der Waals surface area contributed by atoms with Gasteiger partial charge in [0, 0.05) is 22.2 Å². The molecular weight excluding hydrogens is 302 g/mol. The Labute approximate surface area is 135 Å². The van der Waals surface area contributed by atoms with E-state index >= 15 is 0 Å². The van der Waals surface area contributed by atoms with Crippen molar-refractivity contribution in [3.8, 4) is 0 Å². The maximum Gasteiger partial charge on any atom is 0.230 e. The van der Waals surface area contributed by atoms with Crippen molar-refractivity contribution >= 4 is 23.5 Å². The first-order valence-corrected chi connectivity index (χ1v) is 9.98. The first-order chi connectivity index (χ1) is 10.2. The predicted molar refractivity (Wildman–Crippen MR) is 89.8 cm³/mol. The van der Waals surface area contributed by atoms with E-state index in [1.54, 1.807) is 0 Å². The van der Waals surface area contributed by atoms with Gasteiger partial charge in [-0.05, 0) is 25.3 Å². The van der Waals surface area contributed by atoms with E-state index in [-0.39, 0.29) is 0 Å². The van der Waals surface area contributed by atoms with Crippen LogP contribution in [0.25, 0.3) is 0 Å². The maximum absolute atomic E-state index is 5.92. The summed E-state index contributed by atoms with van der Waals surface area (Å²) in [6.45, 7) is 5.32. The molecule has 2 fully saturated rings. The van der Waals surface area contributed by atoms with Gasteiger partial charge in [-0.3, -0.25) is 0 Å². The summed E-state index contributed by atoms with van der Waals surface area (Å²) in [5.74, 6) is 3.70. The molecule has 2 aliphatic rings. The van der Waals surface area contributed by atoms with E-state index < -0.39 is 0 Å². The molecule has 118 valence electrons. The molecule has 1 aromatic heterocycles. The van der Waals surface area contributed by atoms with Gasteiger partial charge in [0.2, 0.25) is 5.89 Å². The average Bonchev–Trinajstić information content (AvgIpc) is 2.99. The van der Waals surface area contributed by atoms with Crippen molar-refractivity contribution in [1.82, 2.24) is 10.1 Å². The fraction of sp³-hybridized carbons (Fsp3) is 0.867. The molecule has 0 spiro atoms. The minimum atomic E-state index is 0.374. The number of aromatic nitrogens is 2. The van der Waals surface area contributed by atoms with Crippen LogP contribution in [-0.4, -0.2) is 32.9 Å². The quantitative estimate of drug-likeness (QED) is 0.915. The van der Waals surface area contributed by atoms with Crippen molar-refractivity contribution in [2.75, 3.05) is 12.3 Å². The Hall–Kier alpha value is -0.200. The Morgan fingerprint density at radius 1 is 1.24 bits per heavy atom. The third kappa shape index (κ3) is 3.42. The minimum absolute atomic E-state index is 0.374. The predicted octanol–water partition coefficient (Wildman–Crippen LogP) is 3.60. The molecule has 1 saturated carbocycles. The molecule has 21 heavy (non-hydrogen) atoms. The molecule has 6 heteroatoms. The SMILES string of the molecule is CC1SCC(c2noc(C3CCCCC3CN)n2)SC1C. The third-order valence-electron chi connectivity index (χ3n) is 4.82. The topological polar surface area (TPSA) is 64.9 Å². The highest BCUT2D eigenvalue weighted by molar-refractivity contribution is 8.07. The molecule has 1 aliphatic carbocycles. The van der Waals surface area contributed by atoms with Crippen LogP contribution < -0.4 is 5.73 Å². The molecule has 2 heterocycles. The van der Waals surface area contributed by atoms with Gasteiger partial charge in [0.25, 0.3) is 0 Å². The van der Waals surface area contributed by atoms with Gasteiger partial charge in [-0.2, -0.15) is 16.7 Å². The van der Waals surface area contributed by atoms with Gasteiger partial charge >= 0.3 is 0 Å². The standard InChI is InChI=1S/C15H25N3OS2/c1-9-10(2)21-13(8-20-9)14-17-15(19-18-14)12-6-4-3-5-11(12)7-16/h9-13H,3-8,16H2,1-2H3. The number of hydrogen-bond donors (Lipinski definition) is 1. The Morgan fingerprint density at radius 3 is 2.81 bits per heavy atom. The number of hydrogen-bond acceptors (Lipinski definition) is 6. The first-order valence-electron chi connectivity index (χ1n) is 7.99. The lowest BCUT2D eigenvalue weighted by Crippen LogP contribution is -2.25. The summed E-state index contributed by atoms with van der Waals surface area (Å²) in [5.41, 5.74) is 5.92. The molecule has 0 amide bonds. The fourth-order valence-corrected chi connectivity index (χ4v) is 6.10. The molecule has 1 saturated heterocycles. The van der Waals surface area contributed by atoms with Crippen molar-refractivity contribution in [1.29, 1.82) is 0 Å². The van der Waals surface area contributed by atoms with Crippen molar-refractivity contribution in [2.45, 2.75) is 61.2 Å². The van der Waals surface area contributed by atoms with Crippen molar-refractivity contribution in [2.24, 2.45) is 11.7 Å². The van der Waals surface area contributed by atoms with Crippen molar-refractivity contribution in [3.05, 3.63) is 11.7 Å². The first kappa shape index (κ1) is 15.7. The summed E-state index contributed by atoms with van der Waals surface area (Å²) in [7, 11) is 0. The van der Waals surface area contributed by atoms with E-state index in [0.717, 1.165) is 30.4 Å². The fourth-order valence-electron chi connectivity index (χ4n) is 3.26. The second kappa shape index (κ2) is 6.92. The zero-order valence-corrected chi connectivity index (χ0v) is 14.5. The Morgan fingerprint density at radius 2 is 2.05 bits per heavy atom. The van der Waals surface area contributed by atoms with Crippen molar-refractivity contribution in [3.63, 3.8) is 0 Å². The lowest BCUT2D eigenvalue weighted by Gasteiger charge is -2.29. The molecule has 0 radical (unpaired) electrons. The van der Waals surface area contributed by atoms with Crippen LogP contribution in [0.3, 0.4) is 0 Å². The molecule has 5 unspecified atom stereocenters. The van der Waals surface area contributed by atoms with E-state index in [4.69, 9.17) is 15.2 Å². The maximum atomic E-state index is 5.92. The molecule has 3 rings (SSSR count). The molecule has 2 N–H and O–H groups in total. The normalized spacial score (nSPS) is 37.6. The molecular formula is C15H25N3OS2. The second-order valence-corrected chi connectivity index (χ2v) is 9.24. The Kier molecular flexibility index (Phi) is 5.17. The number of thioether (sulfide) groups is 2. The molecule has 1 aromatic rings. The zero-order valence-electron chi connectivity index (χ0n) is 12.8. The van der Waals surface area contributed by atoms with Crippen LogP contribution in [0.5, 0.6) is 0 Å². The highest BCUT2D eigenvalue weighted by Gasteiger charge is 2.33. The van der Waals surface area contributed by atoms with Crippen LogP contribution in [0.15, 0.2) is 4.52 Å². The second-order valence-electron chi connectivity index (χ2n) is 6.25. The number of nitrogens with zero attached hydrogens (tertiary/aromatic N) is 2. The van der Waals surface area contributed by atoms with E-state index in [1.807, 2.05) is 23.5 Å². The van der Waals surface area contributed by atoms with Crippen LogP contribution >= 0.6 is 23.5 Å². The minimum Gasteiger partial charge on any atom is -0.339 e. The summed E-state index contributed by atoms with van der Waals surface area (Å²) in [4.78, 5) is 4.75. The summed E-state index contributed by atoms with van der Waals surface area (Å²) in [6.07, 6.45) is 4.87. The Bertz CT molecular complexity index is 468. The highest BCUT2D eigenvalue weighted by atomic mass is 32.2. The largest absolute Gasteiger partial charge is 0.339 e. The van der Waals surface area contributed by atoms with E-state index in [0.29, 0.717) is 27.6 Å². The molecule has 4 nitrogen and oxygen atoms in total. The summed E-state index contributed by atoms with van der Waals surface area (Å²) >= 11 is 4.00. The lowest BCUT2D eigenvalue weighted by molar-refractivity contribution is 0.249. The smallest absolute Gasteiger partial charge is 0.230 e. The highest BCUT2D eigenvalue weighted by Crippen LogP contribution is 2.44. The van der Waals surface area contributed by atoms with Crippen LogP contribution in [0, 0.1) is 5.92 Å². The zero-order chi connectivity index (χ0) is 14.8. The van der Waals surface area contributed by atoms with Crippen LogP contribution in [0.2, 0.25) is 0 Å². The van der Waals surface area contributed by atoms with Crippen molar-refractivity contribution < 1.29 is 4.52 Å². The molecule has 5 atom stereocenters. The number of rotatable bonds is 3. The van der Waals surface area contributed by atoms with Crippen LogP contribution in [0.4, 0.5) is 0 Å². The van der Waals surface area contributed by atoms with Crippen LogP contribution in [-0.2, 0) is 0 Å². The molecule has 0 bridgehead atoms. The molecule has 0 aromatic carbocycles. The summed E-state index contributed by atoms with van der Waals surface area (Å²) in [6, 6.07) is 0. The van der Waals surface area contributed by atoms with Crippen LogP contribution in [0.1, 0.15) is 62.4 Å². The van der Waals surface area contributed by atoms with Gasteiger partial charge in [0.05, 0.1) is 5.25 Å². The van der Waals surface area contributed by atoms with E-state index in [1.165, 1.54) is 19.3 Å². The van der Waals surface area contributed by atoms with Gasteiger partial charge in [0.1, 0.15) is 0 Å². The van der Waals surface area contributed by atoms with Gasteiger partial charge < -0.3 is 10.3 Å². The number of nitrogens with two attached hydrogens (primary N) is 1. The Balaban J connectivity index is 1.71. The van der Waals surface area contributed by atoms with Gasteiger partial charge in [-0.1, -0.05) is 31.8 Å². The summed E-state index contributed by atoms with van der Waals surface area (Å²) < 4.78 is 5.61. The van der Waals surface area contributed by atoms with Gasteiger partial charge in [-0.25, -0.2) is 0 Å². The third-order valence-corrected chi connectivity index (χ3v) is 8.21. The summed E-state index contributed by atoms with van der Waals surface area (Å²) in [5, 5.41) is 6.00.